The molecule has 9 heteroatoms. The average Bonchev–Trinajstić information content (AvgIpc) is 3.09. The van der Waals surface area contributed by atoms with Crippen LogP contribution >= 0.6 is 23.4 Å². The summed E-state index contributed by atoms with van der Waals surface area (Å²) in [6, 6.07) is 9.88. The lowest BCUT2D eigenvalue weighted by Gasteiger charge is -2.18. The second-order valence-corrected chi connectivity index (χ2v) is 7.10. The van der Waals surface area contributed by atoms with Gasteiger partial charge in [-0.1, -0.05) is 35.5 Å². The van der Waals surface area contributed by atoms with Crippen LogP contribution in [0.2, 0.25) is 5.02 Å². The van der Waals surface area contributed by atoms with Crippen LogP contribution in [0.4, 0.5) is 4.79 Å². The molecule has 3 amide bonds. The highest BCUT2D eigenvalue weighted by atomic mass is 35.5. The minimum Gasteiger partial charge on any atom is -0.449 e. The van der Waals surface area contributed by atoms with Gasteiger partial charge in [0.2, 0.25) is 0 Å². The largest absolute Gasteiger partial charge is 0.449 e. The Morgan fingerprint density at radius 1 is 1.30 bits per heavy atom. The Hall–Kier alpha value is -2.58. The monoisotopic (exact) mass is 405 g/mol. The number of urea groups is 1. The molecule has 0 saturated carbocycles. The normalized spacial score (nSPS) is 14.6. The lowest BCUT2D eigenvalue weighted by Crippen LogP contribution is -2.41. The smallest absolute Gasteiger partial charge is 0.341 e. The van der Waals surface area contributed by atoms with Crippen LogP contribution < -0.4 is 5.32 Å². The van der Waals surface area contributed by atoms with Crippen molar-refractivity contribution >= 4 is 41.3 Å². The third-order valence-electron chi connectivity index (χ3n) is 3.79. The zero-order valence-electron chi connectivity index (χ0n) is 14.3. The van der Waals surface area contributed by atoms with Gasteiger partial charge < -0.3 is 10.1 Å². The van der Waals surface area contributed by atoms with E-state index in [1.807, 2.05) is 18.2 Å². The van der Waals surface area contributed by atoms with E-state index >= 15 is 0 Å². The van der Waals surface area contributed by atoms with Crippen LogP contribution in [0.5, 0.6) is 0 Å². The van der Waals surface area contributed by atoms with Crippen LogP contribution in [0.25, 0.3) is 0 Å². The Morgan fingerprint density at radius 2 is 2.07 bits per heavy atom. The van der Waals surface area contributed by atoms with Gasteiger partial charge in [0.1, 0.15) is 5.03 Å². The maximum Gasteiger partial charge on any atom is 0.341 e. The number of halogens is 1. The molecule has 1 aromatic heterocycles. The summed E-state index contributed by atoms with van der Waals surface area (Å²) >= 11 is 7.39. The number of carbonyl (C=O) groups is 3. The van der Waals surface area contributed by atoms with Crippen LogP contribution in [0.3, 0.4) is 0 Å². The molecule has 0 spiro atoms. The standard InChI is InChI=1S/C18H16ClN3O4S/c1-11(16(23)22-10-9-21-18(22)25)26-17(24)12-5-4-8-20-15(12)27-14-7-3-2-6-13(14)19/h2-8,11H,9-10H2,1H3,(H,21,25)/t11-/m0/s1. The molecule has 0 aliphatic carbocycles. The van der Waals surface area contributed by atoms with Gasteiger partial charge in [0.05, 0.1) is 10.6 Å². The highest BCUT2D eigenvalue weighted by Crippen LogP contribution is 2.33. The number of hydrogen-bond acceptors (Lipinski definition) is 6. The Labute approximate surface area is 165 Å². The fraction of sp³-hybridized carbons (Fsp3) is 0.222. The Morgan fingerprint density at radius 3 is 2.78 bits per heavy atom. The van der Waals surface area contributed by atoms with Crippen molar-refractivity contribution in [2.75, 3.05) is 13.1 Å². The summed E-state index contributed by atoms with van der Waals surface area (Å²) < 4.78 is 5.27. The van der Waals surface area contributed by atoms with E-state index in [-0.39, 0.29) is 12.1 Å². The second-order valence-electron chi connectivity index (χ2n) is 5.66. The van der Waals surface area contributed by atoms with Crippen LogP contribution in [0.1, 0.15) is 17.3 Å². The molecule has 1 aliphatic rings. The van der Waals surface area contributed by atoms with E-state index in [4.69, 9.17) is 16.3 Å². The molecule has 1 aliphatic heterocycles. The summed E-state index contributed by atoms with van der Waals surface area (Å²) in [6.07, 6.45) is 0.457. The van der Waals surface area contributed by atoms with E-state index in [2.05, 4.69) is 10.3 Å². The third kappa shape index (κ3) is 4.40. The van der Waals surface area contributed by atoms with Gasteiger partial charge in [0, 0.05) is 24.2 Å². The predicted octanol–water partition coefficient (Wildman–Crippen LogP) is 2.98. The van der Waals surface area contributed by atoms with Crippen LogP contribution in [-0.4, -0.2) is 47.0 Å². The first-order valence-electron chi connectivity index (χ1n) is 8.15. The highest BCUT2D eigenvalue weighted by molar-refractivity contribution is 7.99. The first-order chi connectivity index (χ1) is 13.0. The molecular weight excluding hydrogens is 390 g/mol. The summed E-state index contributed by atoms with van der Waals surface area (Å²) in [5.74, 6) is -1.26. The molecule has 0 bridgehead atoms. The molecule has 1 aromatic carbocycles. The van der Waals surface area contributed by atoms with Crippen molar-refractivity contribution in [1.29, 1.82) is 0 Å². The van der Waals surface area contributed by atoms with Crippen molar-refractivity contribution in [3.8, 4) is 0 Å². The van der Waals surface area contributed by atoms with E-state index in [1.54, 1.807) is 24.4 Å². The van der Waals surface area contributed by atoms with Crippen molar-refractivity contribution < 1.29 is 19.1 Å². The molecular formula is C18H16ClN3O4S. The number of imide groups is 1. The fourth-order valence-electron chi connectivity index (χ4n) is 2.43. The van der Waals surface area contributed by atoms with Crippen molar-refractivity contribution in [2.24, 2.45) is 0 Å². The number of amides is 3. The van der Waals surface area contributed by atoms with E-state index in [0.717, 1.165) is 9.80 Å². The number of rotatable bonds is 5. The number of esters is 1. The van der Waals surface area contributed by atoms with E-state index in [0.29, 0.717) is 16.6 Å². The number of hydrogen-bond donors (Lipinski definition) is 1. The predicted molar refractivity (Wildman–Crippen MR) is 99.8 cm³/mol. The van der Waals surface area contributed by atoms with Gasteiger partial charge >= 0.3 is 12.0 Å². The average molecular weight is 406 g/mol. The zero-order chi connectivity index (χ0) is 19.4. The summed E-state index contributed by atoms with van der Waals surface area (Å²) in [7, 11) is 0. The van der Waals surface area contributed by atoms with Gasteiger partial charge in [0.25, 0.3) is 5.91 Å². The first kappa shape index (κ1) is 19.2. The molecule has 2 aromatic rings. The first-order valence-corrected chi connectivity index (χ1v) is 9.34. The number of pyridine rings is 1. The molecule has 27 heavy (non-hydrogen) atoms. The van der Waals surface area contributed by atoms with Gasteiger partial charge in [-0.15, -0.1) is 0 Å². The van der Waals surface area contributed by atoms with Gasteiger partial charge in [-0.3, -0.25) is 9.69 Å². The summed E-state index contributed by atoms with van der Waals surface area (Å²) in [6.45, 7) is 2.07. The number of aromatic nitrogens is 1. The van der Waals surface area contributed by atoms with Gasteiger partial charge in [0.15, 0.2) is 6.10 Å². The number of carbonyl (C=O) groups excluding carboxylic acids is 3. The number of benzene rings is 1. The van der Waals surface area contributed by atoms with E-state index < -0.39 is 24.0 Å². The molecule has 1 saturated heterocycles. The molecule has 0 radical (unpaired) electrons. The number of ether oxygens (including phenoxy) is 1. The Balaban J connectivity index is 1.74. The Kier molecular flexibility index (Phi) is 5.98. The van der Waals surface area contributed by atoms with Gasteiger partial charge in [-0.2, -0.15) is 0 Å². The quantitative estimate of drug-likeness (QED) is 0.769. The summed E-state index contributed by atoms with van der Waals surface area (Å²) in [4.78, 5) is 42.4. The molecule has 1 N–H and O–H groups in total. The zero-order valence-corrected chi connectivity index (χ0v) is 15.9. The maximum absolute atomic E-state index is 12.6. The lowest BCUT2D eigenvalue weighted by atomic mass is 10.3. The van der Waals surface area contributed by atoms with Gasteiger partial charge in [-0.05, 0) is 31.2 Å². The van der Waals surface area contributed by atoms with E-state index in [1.165, 1.54) is 18.7 Å². The number of nitrogens with zero attached hydrogens (tertiary/aromatic N) is 2. The molecule has 3 rings (SSSR count). The summed E-state index contributed by atoms with van der Waals surface area (Å²) in [5.41, 5.74) is 0.216. The maximum atomic E-state index is 12.6. The minimum absolute atomic E-state index is 0.216. The van der Waals surface area contributed by atoms with Gasteiger partial charge in [-0.25, -0.2) is 14.6 Å². The lowest BCUT2D eigenvalue weighted by molar-refractivity contribution is -0.136. The van der Waals surface area contributed by atoms with Crippen molar-refractivity contribution in [3.05, 3.63) is 53.2 Å². The van der Waals surface area contributed by atoms with Crippen molar-refractivity contribution in [1.82, 2.24) is 15.2 Å². The topological polar surface area (TPSA) is 88.6 Å². The van der Waals surface area contributed by atoms with Crippen LogP contribution in [-0.2, 0) is 9.53 Å². The Bertz CT molecular complexity index is 892. The van der Waals surface area contributed by atoms with Crippen LogP contribution in [0.15, 0.2) is 52.5 Å². The second kappa shape index (κ2) is 8.41. The molecule has 0 unspecified atom stereocenters. The molecule has 140 valence electrons. The molecule has 1 fully saturated rings. The van der Waals surface area contributed by atoms with Crippen LogP contribution in [0, 0.1) is 0 Å². The SMILES string of the molecule is C[C@H](OC(=O)c1cccnc1Sc1ccccc1Cl)C(=O)N1CCNC1=O. The highest BCUT2D eigenvalue weighted by Gasteiger charge is 2.32. The fourth-order valence-corrected chi connectivity index (χ4v) is 3.58. The minimum atomic E-state index is -1.10. The molecule has 7 nitrogen and oxygen atoms in total. The van der Waals surface area contributed by atoms with Crippen molar-refractivity contribution in [2.45, 2.75) is 22.9 Å². The van der Waals surface area contributed by atoms with Crippen molar-refractivity contribution in [3.63, 3.8) is 0 Å². The summed E-state index contributed by atoms with van der Waals surface area (Å²) in [5, 5.41) is 3.48. The molecule has 2 heterocycles. The third-order valence-corrected chi connectivity index (χ3v) is 5.32. The number of nitrogens with one attached hydrogen (secondary N) is 1. The van der Waals surface area contributed by atoms with E-state index in [9.17, 15) is 14.4 Å². The molecule has 1 atom stereocenters.